The number of rotatable bonds is 3. The predicted octanol–water partition coefficient (Wildman–Crippen LogP) is 3.86. The molecule has 0 saturated heterocycles. The van der Waals surface area contributed by atoms with Crippen molar-refractivity contribution < 1.29 is 4.39 Å². The van der Waals surface area contributed by atoms with E-state index in [1.165, 1.54) is 11.6 Å². The second kappa shape index (κ2) is 5.01. The first-order valence-corrected chi connectivity index (χ1v) is 4.79. The minimum Gasteiger partial charge on any atom is -0.379 e. The van der Waals surface area contributed by atoms with Gasteiger partial charge >= 0.3 is 0 Å². The topological polar surface area (TPSA) is 12.0 Å². The van der Waals surface area contributed by atoms with Crippen molar-refractivity contribution in [2.75, 3.05) is 11.9 Å². The number of hydrogen-bond donors (Lipinski definition) is 1. The molecule has 0 aliphatic rings. The molecule has 0 amide bonds. The van der Waals surface area contributed by atoms with Gasteiger partial charge in [0.25, 0.3) is 0 Å². The van der Waals surface area contributed by atoms with Gasteiger partial charge in [-0.3, -0.25) is 0 Å². The summed E-state index contributed by atoms with van der Waals surface area (Å²) in [6, 6.07) is 4.60. The second-order valence-corrected chi connectivity index (χ2v) is 3.72. The van der Waals surface area contributed by atoms with Crippen LogP contribution in [-0.2, 0) is 0 Å². The van der Waals surface area contributed by atoms with Gasteiger partial charge in [0.15, 0.2) is 0 Å². The molecule has 1 rings (SSSR count). The van der Waals surface area contributed by atoms with E-state index in [1.807, 2.05) is 19.9 Å². The van der Waals surface area contributed by atoms with E-state index in [4.69, 9.17) is 11.6 Å². The number of halogens is 2. The molecule has 76 valence electrons. The molecule has 0 fully saturated rings. The van der Waals surface area contributed by atoms with Crippen molar-refractivity contribution in [1.29, 1.82) is 0 Å². The van der Waals surface area contributed by atoms with Crippen molar-refractivity contribution >= 4 is 17.3 Å². The van der Waals surface area contributed by atoms with Crippen molar-refractivity contribution in [3.8, 4) is 0 Å². The van der Waals surface area contributed by atoms with Crippen LogP contribution < -0.4 is 5.32 Å². The van der Waals surface area contributed by atoms with Gasteiger partial charge in [-0.2, -0.15) is 0 Å². The van der Waals surface area contributed by atoms with Crippen molar-refractivity contribution in [3.63, 3.8) is 0 Å². The van der Waals surface area contributed by atoms with Crippen molar-refractivity contribution in [2.24, 2.45) is 0 Å². The van der Waals surface area contributed by atoms with Gasteiger partial charge in [-0.25, -0.2) is 4.39 Å². The van der Waals surface area contributed by atoms with E-state index < -0.39 is 0 Å². The van der Waals surface area contributed by atoms with E-state index in [0.29, 0.717) is 17.3 Å². The predicted molar refractivity (Wildman–Crippen MR) is 59.3 cm³/mol. The van der Waals surface area contributed by atoms with Crippen LogP contribution in [0, 0.1) is 5.82 Å². The molecule has 0 spiro atoms. The van der Waals surface area contributed by atoms with Gasteiger partial charge < -0.3 is 5.32 Å². The highest BCUT2D eigenvalue weighted by molar-refractivity contribution is 6.30. The lowest BCUT2D eigenvalue weighted by molar-refractivity contribution is 0.631. The minimum absolute atomic E-state index is 0.320. The van der Waals surface area contributed by atoms with Crippen molar-refractivity contribution in [1.82, 2.24) is 0 Å². The molecule has 0 aromatic heterocycles. The first kappa shape index (κ1) is 11.1. The maximum absolute atomic E-state index is 13.2. The lowest BCUT2D eigenvalue weighted by Crippen LogP contribution is -2.00. The van der Waals surface area contributed by atoms with Crippen LogP contribution in [0.4, 0.5) is 10.1 Å². The first-order chi connectivity index (χ1) is 6.59. The largest absolute Gasteiger partial charge is 0.379 e. The molecule has 3 heteroatoms. The van der Waals surface area contributed by atoms with Crippen LogP contribution in [0.15, 0.2) is 29.8 Å². The third-order valence-electron chi connectivity index (χ3n) is 1.73. The number of benzene rings is 1. The van der Waals surface area contributed by atoms with Gasteiger partial charge in [0.1, 0.15) is 5.82 Å². The summed E-state index contributed by atoms with van der Waals surface area (Å²) in [5.41, 5.74) is 1.68. The van der Waals surface area contributed by atoms with Gasteiger partial charge in [-0.05, 0) is 32.0 Å². The van der Waals surface area contributed by atoms with E-state index in [0.717, 1.165) is 0 Å². The van der Waals surface area contributed by atoms with E-state index in [-0.39, 0.29) is 5.82 Å². The fourth-order valence-corrected chi connectivity index (χ4v) is 1.16. The van der Waals surface area contributed by atoms with E-state index in [1.54, 1.807) is 12.1 Å². The summed E-state index contributed by atoms with van der Waals surface area (Å²) in [4.78, 5) is 0. The Morgan fingerprint density at radius 3 is 2.79 bits per heavy atom. The highest BCUT2D eigenvalue weighted by Crippen LogP contribution is 2.18. The van der Waals surface area contributed by atoms with Crippen LogP contribution in [-0.4, -0.2) is 6.54 Å². The average molecular weight is 214 g/mol. The normalized spacial score (nSPS) is 9.71. The fourth-order valence-electron chi connectivity index (χ4n) is 0.998. The molecular formula is C11H13ClFN. The highest BCUT2D eigenvalue weighted by Gasteiger charge is 2.00. The molecule has 1 aromatic carbocycles. The number of nitrogens with one attached hydrogen (secondary N) is 1. The molecule has 1 aromatic rings. The van der Waals surface area contributed by atoms with Crippen LogP contribution in [0.3, 0.4) is 0 Å². The number of anilines is 1. The Bertz CT molecular complexity index is 343. The molecule has 0 atom stereocenters. The summed E-state index contributed by atoms with van der Waals surface area (Å²) in [5.74, 6) is -0.320. The van der Waals surface area contributed by atoms with Crippen molar-refractivity contribution in [2.45, 2.75) is 13.8 Å². The lowest BCUT2D eigenvalue weighted by Gasteiger charge is -2.05. The molecule has 1 nitrogen and oxygen atoms in total. The van der Waals surface area contributed by atoms with Gasteiger partial charge in [0, 0.05) is 11.6 Å². The van der Waals surface area contributed by atoms with Crippen LogP contribution in [0.1, 0.15) is 13.8 Å². The average Bonchev–Trinajstić information content (AvgIpc) is 2.08. The van der Waals surface area contributed by atoms with Crippen LogP contribution in [0.25, 0.3) is 0 Å². The maximum Gasteiger partial charge on any atom is 0.147 e. The van der Waals surface area contributed by atoms with Crippen LogP contribution >= 0.6 is 11.6 Å². The Balaban J connectivity index is 2.64. The second-order valence-electron chi connectivity index (χ2n) is 3.29. The summed E-state index contributed by atoms with van der Waals surface area (Å²) in [7, 11) is 0. The SMILES string of the molecule is CC(C)=CCNc1ccc(Cl)cc1F. The molecule has 14 heavy (non-hydrogen) atoms. The summed E-state index contributed by atoms with van der Waals surface area (Å²) in [6.45, 7) is 4.63. The highest BCUT2D eigenvalue weighted by atomic mass is 35.5. The van der Waals surface area contributed by atoms with Gasteiger partial charge in [-0.15, -0.1) is 0 Å². The van der Waals surface area contributed by atoms with E-state index in [9.17, 15) is 4.39 Å². The molecule has 0 bridgehead atoms. The Kier molecular flexibility index (Phi) is 3.96. The molecule has 1 N–H and O–H groups in total. The maximum atomic E-state index is 13.2. The lowest BCUT2D eigenvalue weighted by atomic mass is 10.3. The molecule has 0 unspecified atom stereocenters. The Morgan fingerprint density at radius 2 is 2.21 bits per heavy atom. The quantitative estimate of drug-likeness (QED) is 0.752. The summed E-state index contributed by atoms with van der Waals surface area (Å²) >= 11 is 5.62. The molecule has 0 heterocycles. The fraction of sp³-hybridized carbons (Fsp3) is 0.273. The zero-order valence-electron chi connectivity index (χ0n) is 8.27. The molecule has 0 aliphatic carbocycles. The minimum atomic E-state index is -0.320. The smallest absolute Gasteiger partial charge is 0.147 e. The van der Waals surface area contributed by atoms with Gasteiger partial charge in [0.05, 0.1) is 5.69 Å². The molecule has 0 aliphatic heterocycles. The Hall–Kier alpha value is -1.02. The third kappa shape index (κ3) is 3.38. The summed E-state index contributed by atoms with van der Waals surface area (Å²) in [5, 5.41) is 3.37. The summed E-state index contributed by atoms with van der Waals surface area (Å²) in [6.07, 6.45) is 1.99. The monoisotopic (exact) mass is 213 g/mol. The van der Waals surface area contributed by atoms with Crippen LogP contribution in [0.5, 0.6) is 0 Å². The first-order valence-electron chi connectivity index (χ1n) is 4.42. The third-order valence-corrected chi connectivity index (χ3v) is 1.97. The number of hydrogen-bond acceptors (Lipinski definition) is 1. The Labute approximate surface area is 88.6 Å². The summed E-state index contributed by atoms with van der Waals surface area (Å²) < 4.78 is 13.2. The Morgan fingerprint density at radius 1 is 1.50 bits per heavy atom. The zero-order chi connectivity index (χ0) is 10.6. The van der Waals surface area contributed by atoms with Gasteiger partial charge in [0.2, 0.25) is 0 Å². The zero-order valence-corrected chi connectivity index (χ0v) is 9.03. The number of allylic oxidation sites excluding steroid dienone is 1. The van der Waals surface area contributed by atoms with E-state index in [2.05, 4.69) is 5.32 Å². The molecular weight excluding hydrogens is 201 g/mol. The molecule has 0 radical (unpaired) electrons. The van der Waals surface area contributed by atoms with Crippen molar-refractivity contribution in [3.05, 3.63) is 40.7 Å². The van der Waals surface area contributed by atoms with E-state index >= 15 is 0 Å². The molecule has 0 saturated carbocycles. The van der Waals surface area contributed by atoms with Gasteiger partial charge in [-0.1, -0.05) is 23.3 Å². The van der Waals surface area contributed by atoms with Crippen LogP contribution in [0.2, 0.25) is 5.02 Å². The standard InChI is InChI=1S/C11H13ClFN/c1-8(2)5-6-14-11-4-3-9(12)7-10(11)13/h3-5,7,14H,6H2,1-2H3.